The first-order chi connectivity index (χ1) is 9.13. The molecule has 0 saturated carbocycles. The van der Waals surface area contributed by atoms with E-state index in [9.17, 15) is 0 Å². The average Bonchev–Trinajstić information content (AvgIpc) is 2.44. The van der Waals surface area contributed by atoms with Gasteiger partial charge in [-0.05, 0) is 22.9 Å². The fourth-order valence-corrected chi connectivity index (χ4v) is 1.89. The van der Waals surface area contributed by atoms with E-state index in [1.807, 2.05) is 42.3 Å². The number of nitrogens with zero attached hydrogens (tertiary/aromatic N) is 2. The van der Waals surface area contributed by atoms with Crippen LogP contribution in [0.4, 0.5) is 0 Å². The maximum absolute atomic E-state index is 8.45. The fraction of sp³-hybridized carbons (Fsp3) is 0.133. The molecule has 0 unspecified atom stereocenters. The molecule has 1 heterocycles. The quantitative estimate of drug-likeness (QED) is 0.776. The summed E-state index contributed by atoms with van der Waals surface area (Å²) in [6, 6.07) is 9.38. The Morgan fingerprint density at radius 3 is 2.65 bits per heavy atom. The van der Waals surface area contributed by atoms with Gasteiger partial charge in [0.25, 0.3) is 0 Å². The summed E-state index contributed by atoms with van der Waals surface area (Å²) in [4.78, 5) is 1.88. The van der Waals surface area contributed by atoms with Crippen LogP contribution >= 0.6 is 11.6 Å². The van der Waals surface area contributed by atoms with Crippen molar-refractivity contribution in [1.29, 1.82) is 5.26 Å². The van der Waals surface area contributed by atoms with Crippen LogP contribution in [0.1, 0.15) is 5.56 Å². The molecule has 2 rings (SSSR count). The van der Waals surface area contributed by atoms with Crippen molar-refractivity contribution in [3.63, 3.8) is 0 Å². The third kappa shape index (κ3) is 3.73. The summed E-state index contributed by atoms with van der Waals surface area (Å²) >= 11 is 5.99. The molecular formula is C15H12ClN2OY-. The molecule has 0 saturated heterocycles. The van der Waals surface area contributed by atoms with Gasteiger partial charge in [0.05, 0.1) is 0 Å². The van der Waals surface area contributed by atoms with Crippen LogP contribution in [-0.2, 0) is 32.7 Å². The van der Waals surface area contributed by atoms with E-state index in [-0.39, 0.29) is 39.3 Å². The van der Waals surface area contributed by atoms with E-state index in [2.05, 4.69) is 12.7 Å². The molecule has 3 nitrogen and oxygen atoms in total. The van der Waals surface area contributed by atoms with Crippen molar-refractivity contribution in [1.82, 2.24) is 4.90 Å². The van der Waals surface area contributed by atoms with Crippen molar-refractivity contribution in [3.05, 3.63) is 59.3 Å². The minimum absolute atomic E-state index is 0. The average molecular weight is 361 g/mol. The first-order valence-electron chi connectivity index (χ1n) is 5.66. The largest absolute Gasteiger partial charge is 0.479 e. The summed E-state index contributed by atoms with van der Waals surface area (Å²) in [7, 11) is 1.89. The van der Waals surface area contributed by atoms with Gasteiger partial charge >= 0.3 is 0 Å². The van der Waals surface area contributed by atoms with E-state index in [4.69, 9.17) is 21.6 Å². The second kappa shape index (κ2) is 7.64. The van der Waals surface area contributed by atoms with Gasteiger partial charge in [0, 0.05) is 39.8 Å². The molecular weight excluding hydrogens is 349 g/mol. The summed E-state index contributed by atoms with van der Waals surface area (Å²) in [5.74, 6) is 0.664. The van der Waals surface area contributed by atoms with E-state index in [1.54, 1.807) is 6.08 Å². The molecule has 0 amide bonds. The third-order valence-electron chi connectivity index (χ3n) is 2.78. The van der Waals surface area contributed by atoms with E-state index in [0.29, 0.717) is 10.8 Å². The number of nitriles is 1. The molecule has 1 aliphatic rings. The van der Waals surface area contributed by atoms with Crippen LogP contribution in [0.2, 0.25) is 0 Å². The Morgan fingerprint density at radius 1 is 1.40 bits per heavy atom. The molecule has 1 aliphatic heterocycles. The van der Waals surface area contributed by atoms with Crippen LogP contribution in [-0.4, -0.2) is 18.6 Å². The number of halogens is 1. The van der Waals surface area contributed by atoms with Gasteiger partial charge in [0.2, 0.25) is 0 Å². The van der Waals surface area contributed by atoms with Crippen LogP contribution < -0.4 is 4.74 Å². The van der Waals surface area contributed by atoms with Crippen molar-refractivity contribution >= 4 is 17.3 Å². The van der Waals surface area contributed by atoms with Crippen molar-refractivity contribution in [2.75, 3.05) is 13.7 Å². The standard InChI is InChI=1S/C15H12ClN2O.Y/c1-11-14(16)7-8-15(18(11)2)12-3-5-13(6-4-12)19-10-9-17;/h3-7H,1,10H2,2H3;/q-1;. The van der Waals surface area contributed by atoms with E-state index < -0.39 is 0 Å². The number of benzene rings is 1. The van der Waals surface area contributed by atoms with Gasteiger partial charge in [-0.3, -0.25) is 0 Å². The van der Waals surface area contributed by atoms with Gasteiger partial charge in [-0.1, -0.05) is 17.8 Å². The first-order valence-corrected chi connectivity index (χ1v) is 6.03. The third-order valence-corrected chi connectivity index (χ3v) is 3.11. The molecule has 0 spiro atoms. The monoisotopic (exact) mass is 360 g/mol. The van der Waals surface area contributed by atoms with Gasteiger partial charge in [0.1, 0.15) is 11.8 Å². The fourth-order valence-electron chi connectivity index (χ4n) is 1.71. The molecule has 0 bridgehead atoms. The Bertz CT molecular complexity index is 599. The maximum atomic E-state index is 8.45. The minimum Gasteiger partial charge on any atom is -0.479 e. The van der Waals surface area contributed by atoms with Crippen LogP contribution in [0.25, 0.3) is 5.70 Å². The SMILES string of the molecule is C=C1C(Cl)=C[C-]=C(c2ccc(OCC#N)cc2)N1C.[Y]. The van der Waals surface area contributed by atoms with Crippen LogP contribution in [0.5, 0.6) is 5.75 Å². The van der Waals surface area contributed by atoms with Gasteiger partial charge < -0.3 is 9.64 Å². The molecule has 99 valence electrons. The van der Waals surface area contributed by atoms with Gasteiger partial charge in [-0.2, -0.15) is 29.0 Å². The molecule has 0 aliphatic carbocycles. The molecule has 1 radical (unpaired) electrons. The summed E-state index contributed by atoms with van der Waals surface area (Å²) in [5, 5.41) is 9.03. The Hall–Kier alpha value is -1.08. The topological polar surface area (TPSA) is 36.3 Å². The smallest absolute Gasteiger partial charge is 0.174 e. The van der Waals surface area contributed by atoms with Crippen molar-refractivity contribution in [2.24, 2.45) is 0 Å². The molecule has 0 atom stereocenters. The summed E-state index contributed by atoms with van der Waals surface area (Å²) in [6.45, 7) is 3.96. The zero-order valence-corrected chi connectivity index (χ0v) is 14.7. The van der Waals surface area contributed by atoms with Crippen molar-refractivity contribution in [2.45, 2.75) is 0 Å². The zero-order valence-electron chi connectivity index (χ0n) is 11.1. The number of allylic oxidation sites excluding steroid dienone is 3. The van der Waals surface area contributed by atoms with Crippen molar-refractivity contribution in [3.8, 4) is 11.8 Å². The molecule has 0 aromatic heterocycles. The van der Waals surface area contributed by atoms with Gasteiger partial charge in [-0.25, -0.2) is 0 Å². The van der Waals surface area contributed by atoms with Crippen molar-refractivity contribution < 1.29 is 37.4 Å². The molecule has 5 heteroatoms. The Kier molecular flexibility index (Phi) is 6.48. The predicted molar refractivity (Wildman–Crippen MR) is 75.0 cm³/mol. The summed E-state index contributed by atoms with van der Waals surface area (Å²) in [6.07, 6.45) is 4.83. The van der Waals surface area contributed by atoms with E-state index in [0.717, 1.165) is 17.0 Å². The molecule has 20 heavy (non-hydrogen) atoms. The Balaban J connectivity index is 0.00000200. The molecule has 0 fully saturated rings. The maximum Gasteiger partial charge on any atom is 0.174 e. The predicted octanol–water partition coefficient (Wildman–Crippen LogP) is 3.31. The second-order valence-electron chi connectivity index (χ2n) is 3.96. The molecule has 1 aromatic rings. The van der Waals surface area contributed by atoms with E-state index >= 15 is 0 Å². The number of rotatable bonds is 3. The first kappa shape index (κ1) is 17.0. The Labute approximate surface area is 149 Å². The van der Waals surface area contributed by atoms with E-state index in [1.165, 1.54) is 0 Å². The number of ether oxygens (including phenoxy) is 1. The van der Waals surface area contributed by atoms with Crippen LogP contribution in [0.15, 0.2) is 47.6 Å². The number of hydrogen-bond acceptors (Lipinski definition) is 3. The van der Waals surface area contributed by atoms with Gasteiger partial charge in [0.15, 0.2) is 6.61 Å². The summed E-state index contributed by atoms with van der Waals surface area (Å²) in [5.41, 5.74) is 2.61. The number of hydrogen-bond donors (Lipinski definition) is 0. The minimum atomic E-state index is 0. The molecule has 0 N–H and O–H groups in total. The zero-order chi connectivity index (χ0) is 13.8. The summed E-state index contributed by atoms with van der Waals surface area (Å²) < 4.78 is 5.21. The molecule has 1 aromatic carbocycles. The second-order valence-corrected chi connectivity index (χ2v) is 4.37. The van der Waals surface area contributed by atoms with Gasteiger partial charge in [-0.15, -0.1) is 12.1 Å². The number of likely N-dealkylation sites (N-methyl/N-ethyl adjacent to an activating group) is 1. The van der Waals surface area contributed by atoms with Crippen LogP contribution in [0.3, 0.4) is 0 Å². The normalized spacial score (nSPS) is 13.8. The van der Waals surface area contributed by atoms with Crippen LogP contribution in [0, 0.1) is 17.4 Å². The Morgan fingerprint density at radius 2 is 2.05 bits per heavy atom.